The van der Waals surface area contributed by atoms with Crippen LogP contribution < -0.4 is 0 Å². The second-order valence-corrected chi connectivity index (χ2v) is 6.92. The maximum Gasteiger partial charge on any atom is 0.135 e. The first-order valence-electron chi connectivity index (χ1n) is 9.66. The van der Waals surface area contributed by atoms with Crippen molar-refractivity contribution in [2.24, 2.45) is 5.92 Å². The van der Waals surface area contributed by atoms with Crippen LogP contribution in [-0.2, 0) is 0 Å². The molecule has 0 unspecified atom stereocenters. The van der Waals surface area contributed by atoms with Crippen molar-refractivity contribution in [3.05, 3.63) is 23.5 Å². The zero-order valence-electron chi connectivity index (χ0n) is 15.0. The van der Waals surface area contributed by atoms with Gasteiger partial charge in [0.05, 0.1) is 5.69 Å². The van der Waals surface area contributed by atoms with Crippen LogP contribution in [-0.4, -0.2) is 10.2 Å². The van der Waals surface area contributed by atoms with E-state index in [0.29, 0.717) is 5.92 Å². The van der Waals surface area contributed by atoms with Gasteiger partial charge >= 0.3 is 0 Å². The molecule has 0 atom stereocenters. The molecular weight excluding hydrogens is 280 g/mol. The molecule has 0 N–H and O–H groups in total. The predicted octanol–water partition coefficient (Wildman–Crippen LogP) is 5.87. The average molecular weight is 313 g/mol. The maximum atomic E-state index is 4.42. The Hall–Kier alpha value is -1.36. The molecule has 1 heterocycles. The summed E-state index contributed by atoms with van der Waals surface area (Å²) in [5.41, 5.74) is 1.98. The largest absolute Gasteiger partial charge is 0.154 e. The first-order chi connectivity index (χ1) is 11.3. The van der Waals surface area contributed by atoms with E-state index in [9.17, 15) is 0 Å². The molecule has 2 heteroatoms. The van der Waals surface area contributed by atoms with E-state index in [4.69, 9.17) is 0 Å². The SMILES string of the molecule is CCC#Cc1ccc([C@H]2CC[C@H](CCCCCCC)CC2)nn1. The summed E-state index contributed by atoms with van der Waals surface area (Å²) in [5, 5.41) is 8.69. The molecule has 0 radical (unpaired) electrons. The van der Waals surface area contributed by atoms with Crippen molar-refractivity contribution in [3.63, 3.8) is 0 Å². The fraction of sp³-hybridized carbons (Fsp3) is 0.714. The van der Waals surface area contributed by atoms with Crippen molar-refractivity contribution >= 4 is 0 Å². The van der Waals surface area contributed by atoms with Crippen molar-refractivity contribution in [1.29, 1.82) is 0 Å². The number of unbranched alkanes of at least 4 members (excludes halogenated alkanes) is 4. The van der Waals surface area contributed by atoms with Crippen LogP contribution in [0, 0.1) is 17.8 Å². The Balaban J connectivity index is 1.71. The molecule has 0 spiro atoms. The third-order valence-electron chi connectivity index (χ3n) is 5.06. The lowest BCUT2D eigenvalue weighted by Crippen LogP contribution is -2.14. The molecule has 0 saturated heterocycles. The van der Waals surface area contributed by atoms with E-state index in [1.54, 1.807) is 0 Å². The Morgan fingerprint density at radius 3 is 2.39 bits per heavy atom. The minimum atomic E-state index is 0.618. The summed E-state index contributed by atoms with van der Waals surface area (Å²) in [4.78, 5) is 0. The van der Waals surface area contributed by atoms with Crippen molar-refractivity contribution < 1.29 is 0 Å². The number of hydrogen-bond donors (Lipinski definition) is 0. The van der Waals surface area contributed by atoms with Crippen molar-refractivity contribution in [3.8, 4) is 11.8 Å². The van der Waals surface area contributed by atoms with Gasteiger partial charge in [0, 0.05) is 12.3 Å². The summed E-state index contributed by atoms with van der Waals surface area (Å²) in [6.45, 7) is 4.34. The zero-order valence-corrected chi connectivity index (χ0v) is 15.0. The van der Waals surface area contributed by atoms with Gasteiger partial charge in [-0.3, -0.25) is 0 Å². The summed E-state index contributed by atoms with van der Waals surface area (Å²) in [7, 11) is 0. The predicted molar refractivity (Wildman–Crippen MR) is 97.3 cm³/mol. The molecule has 1 fully saturated rings. The van der Waals surface area contributed by atoms with E-state index in [1.165, 1.54) is 69.9 Å². The summed E-state index contributed by atoms with van der Waals surface area (Å²) in [6.07, 6.45) is 14.7. The average Bonchev–Trinajstić information content (AvgIpc) is 2.61. The van der Waals surface area contributed by atoms with E-state index in [-0.39, 0.29) is 0 Å². The van der Waals surface area contributed by atoms with Gasteiger partial charge < -0.3 is 0 Å². The van der Waals surface area contributed by atoms with E-state index < -0.39 is 0 Å². The minimum absolute atomic E-state index is 0.618. The lowest BCUT2D eigenvalue weighted by Gasteiger charge is -2.28. The van der Waals surface area contributed by atoms with E-state index in [1.807, 2.05) is 6.07 Å². The fourth-order valence-corrected chi connectivity index (χ4v) is 3.59. The monoisotopic (exact) mass is 312 g/mol. The highest BCUT2D eigenvalue weighted by Gasteiger charge is 2.23. The van der Waals surface area contributed by atoms with Gasteiger partial charge in [0.2, 0.25) is 0 Å². The highest BCUT2D eigenvalue weighted by molar-refractivity contribution is 5.27. The van der Waals surface area contributed by atoms with Crippen LogP contribution >= 0.6 is 0 Å². The van der Waals surface area contributed by atoms with Gasteiger partial charge in [-0.25, -0.2) is 0 Å². The number of nitrogens with zero attached hydrogens (tertiary/aromatic N) is 2. The molecule has 1 aliphatic carbocycles. The number of aromatic nitrogens is 2. The van der Waals surface area contributed by atoms with Crippen molar-refractivity contribution in [2.45, 2.75) is 90.4 Å². The highest BCUT2D eigenvalue weighted by atomic mass is 15.1. The van der Waals surface area contributed by atoms with Crippen molar-refractivity contribution in [1.82, 2.24) is 10.2 Å². The Bertz CT molecular complexity index is 487. The molecule has 1 aromatic rings. The molecule has 2 nitrogen and oxygen atoms in total. The van der Waals surface area contributed by atoms with Gasteiger partial charge in [0.15, 0.2) is 0 Å². The minimum Gasteiger partial charge on any atom is -0.154 e. The van der Waals surface area contributed by atoms with Gasteiger partial charge in [-0.1, -0.05) is 58.3 Å². The van der Waals surface area contributed by atoms with Crippen LogP contribution in [0.15, 0.2) is 12.1 Å². The molecule has 23 heavy (non-hydrogen) atoms. The topological polar surface area (TPSA) is 25.8 Å². The molecule has 0 amide bonds. The Morgan fingerprint density at radius 2 is 1.74 bits per heavy atom. The molecule has 1 aromatic heterocycles. The molecule has 126 valence electrons. The second-order valence-electron chi connectivity index (χ2n) is 6.92. The summed E-state index contributed by atoms with van der Waals surface area (Å²) in [5.74, 6) is 7.67. The highest BCUT2D eigenvalue weighted by Crippen LogP contribution is 2.36. The third-order valence-corrected chi connectivity index (χ3v) is 5.06. The first-order valence-corrected chi connectivity index (χ1v) is 9.66. The van der Waals surface area contributed by atoms with Crippen LogP contribution in [0.1, 0.15) is 102 Å². The molecule has 2 rings (SSSR count). The van der Waals surface area contributed by atoms with Crippen LogP contribution in [0.3, 0.4) is 0 Å². The van der Waals surface area contributed by atoms with Crippen LogP contribution in [0.2, 0.25) is 0 Å². The van der Waals surface area contributed by atoms with E-state index in [0.717, 1.165) is 18.0 Å². The van der Waals surface area contributed by atoms with Crippen LogP contribution in [0.5, 0.6) is 0 Å². The van der Waals surface area contributed by atoms with Gasteiger partial charge in [-0.15, -0.1) is 5.10 Å². The van der Waals surface area contributed by atoms with E-state index in [2.05, 4.69) is 42.0 Å². The lowest BCUT2D eigenvalue weighted by atomic mass is 9.78. The van der Waals surface area contributed by atoms with Crippen LogP contribution in [0.4, 0.5) is 0 Å². The maximum absolute atomic E-state index is 4.42. The molecule has 1 aliphatic rings. The molecular formula is C21H32N2. The Kier molecular flexibility index (Phi) is 8.15. The van der Waals surface area contributed by atoms with Gasteiger partial charge in [0.25, 0.3) is 0 Å². The summed E-state index contributed by atoms with van der Waals surface area (Å²) in [6, 6.07) is 4.17. The first kappa shape index (κ1) is 18.0. The zero-order chi connectivity index (χ0) is 16.3. The number of rotatable bonds is 7. The number of hydrogen-bond acceptors (Lipinski definition) is 2. The lowest BCUT2D eigenvalue weighted by molar-refractivity contribution is 0.298. The summed E-state index contributed by atoms with van der Waals surface area (Å²) >= 11 is 0. The molecule has 0 bridgehead atoms. The third kappa shape index (κ3) is 6.34. The van der Waals surface area contributed by atoms with Gasteiger partial charge in [-0.2, -0.15) is 5.10 Å². The molecule has 0 aliphatic heterocycles. The smallest absolute Gasteiger partial charge is 0.135 e. The van der Waals surface area contributed by atoms with E-state index >= 15 is 0 Å². The normalized spacial score (nSPS) is 20.8. The van der Waals surface area contributed by atoms with Crippen LogP contribution in [0.25, 0.3) is 0 Å². The standard InChI is InChI=1S/C21H32N2/c1-3-5-7-8-9-10-18-12-14-19(15-13-18)21-17-16-20(22-23-21)11-6-4-2/h16-19H,3-5,7-10,12-15H2,1-2H3/t18-,19-. The van der Waals surface area contributed by atoms with Gasteiger partial charge in [0.1, 0.15) is 5.69 Å². The Labute approximate surface area is 142 Å². The molecule has 1 saturated carbocycles. The van der Waals surface area contributed by atoms with Gasteiger partial charge in [-0.05, 0) is 49.7 Å². The quantitative estimate of drug-likeness (QED) is 0.464. The second kappa shape index (κ2) is 10.4. The molecule has 0 aromatic carbocycles. The summed E-state index contributed by atoms with van der Waals surface area (Å²) < 4.78 is 0. The Morgan fingerprint density at radius 1 is 0.957 bits per heavy atom. The van der Waals surface area contributed by atoms with Crippen molar-refractivity contribution in [2.75, 3.05) is 0 Å². The fourth-order valence-electron chi connectivity index (χ4n) is 3.59.